The Hall–Kier alpha value is -1.06. The molecule has 0 aromatic heterocycles. The van der Waals surface area contributed by atoms with E-state index in [1.165, 1.54) is 29.7 Å². The number of morpholine rings is 1. The minimum Gasteiger partial charge on any atom is -0.385 e. The molecule has 3 nitrogen and oxygen atoms in total. The summed E-state index contributed by atoms with van der Waals surface area (Å²) >= 11 is 0. The van der Waals surface area contributed by atoms with Gasteiger partial charge in [-0.15, -0.1) is 0 Å². The third-order valence-electron chi connectivity index (χ3n) is 4.71. The Morgan fingerprint density at radius 3 is 2.81 bits per heavy atom. The number of nitrogens with zero attached hydrogens (tertiary/aromatic N) is 1. The van der Waals surface area contributed by atoms with Gasteiger partial charge in [0.1, 0.15) is 0 Å². The van der Waals surface area contributed by atoms with E-state index in [1.54, 1.807) is 0 Å². The lowest BCUT2D eigenvalue weighted by Gasteiger charge is -2.39. The van der Waals surface area contributed by atoms with Gasteiger partial charge in [-0.3, -0.25) is 4.90 Å². The molecular formula is C18H28N2O. The molecule has 1 fully saturated rings. The number of benzene rings is 1. The zero-order chi connectivity index (χ0) is 14.8. The van der Waals surface area contributed by atoms with Crippen LogP contribution in [-0.2, 0) is 17.6 Å². The van der Waals surface area contributed by atoms with Gasteiger partial charge < -0.3 is 10.1 Å². The fourth-order valence-corrected chi connectivity index (χ4v) is 3.70. The zero-order valence-corrected chi connectivity index (χ0v) is 13.6. The lowest BCUT2D eigenvalue weighted by molar-refractivity contribution is -0.0782. The number of nitrogens with one attached hydrogen (secondary N) is 1. The summed E-state index contributed by atoms with van der Waals surface area (Å²) in [4.78, 5) is 2.58. The van der Waals surface area contributed by atoms with Crippen molar-refractivity contribution in [3.8, 4) is 0 Å². The lowest BCUT2D eigenvalue weighted by atomic mass is 9.97. The molecule has 1 aromatic carbocycles. The Kier molecular flexibility index (Phi) is 4.51. The standard InChI is InChI=1S/C18H28N2O/c1-13(20-11-14(2)21-15(3)12-20)9-16-6-7-18-17(10-16)5-4-8-19-18/h6-7,10,13-15,19H,4-5,8-9,11-12H2,1-3H3. The van der Waals surface area contributed by atoms with Gasteiger partial charge in [-0.1, -0.05) is 12.1 Å². The molecule has 0 amide bonds. The maximum Gasteiger partial charge on any atom is 0.0678 e. The molecule has 0 aliphatic carbocycles. The topological polar surface area (TPSA) is 24.5 Å². The van der Waals surface area contributed by atoms with E-state index in [-0.39, 0.29) is 0 Å². The molecule has 3 atom stereocenters. The summed E-state index contributed by atoms with van der Waals surface area (Å²) in [6, 6.07) is 7.54. The van der Waals surface area contributed by atoms with Crippen LogP contribution in [0.4, 0.5) is 5.69 Å². The van der Waals surface area contributed by atoms with E-state index in [2.05, 4.69) is 49.2 Å². The minimum absolute atomic E-state index is 0.351. The first-order valence-corrected chi connectivity index (χ1v) is 8.37. The van der Waals surface area contributed by atoms with Gasteiger partial charge in [-0.05, 0) is 57.2 Å². The number of anilines is 1. The number of fused-ring (bicyclic) bond motifs is 1. The highest BCUT2D eigenvalue weighted by Gasteiger charge is 2.25. The molecule has 21 heavy (non-hydrogen) atoms. The van der Waals surface area contributed by atoms with Crippen molar-refractivity contribution in [2.75, 3.05) is 25.0 Å². The summed E-state index contributed by atoms with van der Waals surface area (Å²) in [5.74, 6) is 0. The first-order chi connectivity index (χ1) is 10.1. The molecule has 0 radical (unpaired) electrons. The highest BCUT2D eigenvalue weighted by atomic mass is 16.5. The van der Waals surface area contributed by atoms with Crippen molar-refractivity contribution in [1.29, 1.82) is 0 Å². The molecule has 2 aliphatic rings. The van der Waals surface area contributed by atoms with Gasteiger partial charge in [0.25, 0.3) is 0 Å². The first kappa shape index (κ1) is 14.9. The molecule has 2 heterocycles. The number of hydrogen-bond donors (Lipinski definition) is 1. The molecule has 1 N–H and O–H groups in total. The van der Waals surface area contributed by atoms with Crippen LogP contribution in [0, 0.1) is 0 Å². The molecule has 3 unspecified atom stereocenters. The van der Waals surface area contributed by atoms with Gasteiger partial charge in [0.15, 0.2) is 0 Å². The molecule has 2 aliphatic heterocycles. The number of hydrogen-bond acceptors (Lipinski definition) is 3. The Morgan fingerprint density at radius 2 is 2.05 bits per heavy atom. The smallest absolute Gasteiger partial charge is 0.0678 e. The number of ether oxygens (including phenoxy) is 1. The number of aryl methyl sites for hydroxylation is 1. The van der Waals surface area contributed by atoms with Gasteiger partial charge in [0.05, 0.1) is 12.2 Å². The Bertz CT molecular complexity index is 478. The summed E-state index contributed by atoms with van der Waals surface area (Å²) in [6.07, 6.45) is 4.31. The third kappa shape index (κ3) is 3.58. The normalized spacial score (nSPS) is 27.8. The van der Waals surface area contributed by atoms with Crippen LogP contribution in [0.15, 0.2) is 18.2 Å². The van der Waals surface area contributed by atoms with Crippen molar-refractivity contribution in [3.63, 3.8) is 0 Å². The van der Waals surface area contributed by atoms with E-state index in [9.17, 15) is 0 Å². The Balaban J connectivity index is 1.65. The van der Waals surface area contributed by atoms with E-state index in [1.807, 2.05) is 0 Å². The van der Waals surface area contributed by atoms with E-state index in [0.717, 1.165) is 26.1 Å². The van der Waals surface area contributed by atoms with Crippen LogP contribution in [0.5, 0.6) is 0 Å². The molecule has 0 saturated carbocycles. The average molecular weight is 288 g/mol. The fourth-order valence-electron chi connectivity index (χ4n) is 3.70. The van der Waals surface area contributed by atoms with Crippen molar-refractivity contribution in [3.05, 3.63) is 29.3 Å². The summed E-state index contributed by atoms with van der Waals surface area (Å²) in [7, 11) is 0. The van der Waals surface area contributed by atoms with Crippen molar-refractivity contribution < 1.29 is 4.74 Å². The van der Waals surface area contributed by atoms with Crippen molar-refractivity contribution >= 4 is 5.69 Å². The van der Waals surface area contributed by atoms with Crippen LogP contribution >= 0.6 is 0 Å². The average Bonchev–Trinajstić information content (AvgIpc) is 2.46. The van der Waals surface area contributed by atoms with Gasteiger partial charge in [-0.25, -0.2) is 0 Å². The summed E-state index contributed by atoms with van der Waals surface area (Å²) in [5.41, 5.74) is 4.30. The SMILES string of the molecule is CC1CN(C(C)Cc2ccc3c(c2)CCCN3)CC(C)O1. The lowest BCUT2D eigenvalue weighted by Crippen LogP contribution is -2.49. The second kappa shape index (κ2) is 6.37. The Morgan fingerprint density at radius 1 is 1.29 bits per heavy atom. The second-order valence-corrected chi connectivity index (χ2v) is 6.79. The maximum absolute atomic E-state index is 5.84. The number of rotatable bonds is 3. The van der Waals surface area contributed by atoms with Crippen LogP contribution in [0.25, 0.3) is 0 Å². The minimum atomic E-state index is 0.351. The fraction of sp³-hybridized carbons (Fsp3) is 0.667. The van der Waals surface area contributed by atoms with Gasteiger partial charge in [0, 0.05) is 31.4 Å². The molecular weight excluding hydrogens is 260 g/mol. The van der Waals surface area contributed by atoms with Crippen molar-refractivity contribution in [1.82, 2.24) is 4.90 Å². The van der Waals surface area contributed by atoms with Gasteiger partial charge >= 0.3 is 0 Å². The second-order valence-electron chi connectivity index (χ2n) is 6.79. The highest BCUT2D eigenvalue weighted by molar-refractivity contribution is 5.54. The Labute approximate surface area is 128 Å². The van der Waals surface area contributed by atoms with Gasteiger partial charge in [0.2, 0.25) is 0 Å². The van der Waals surface area contributed by atoms with Gasteiger partial charge in [-0.2, -0.15) is 0 Å². The van der Waals surface area contributed by atoms with Crippen molar-refractivity contribution in [2.45, 2.75) is 58.3 Å². The predicted molar refractivity (Wildman–Crippen MR) is 88.0 cm³/mol. The van der Waals surface area contributed by atoms with Crippen LogP contribution in [0.2, 0.25) is 0 Å². The van der Waals surface area contributed by atoms with E-state index < -0.39 is 0 Å². The summed E-state index contributed by atoms with van der Waals surface area (Å²) in [5, 5.41) is 3.49. The van der Waals surface area contributed by atoms with E-state index >= 15 is 0 Å². The monoisotopic (exact) mass is 288 g/mol. The van der Waals surface area contributed by atoms with E-state index in [4.69, 9.17) is 4.74 Å². The molecule has 0 spiro atoms. The third-order valence-corrected chi connectivity index (χ3v) is 4.71. The van der Waals surface area contributed by atoms with Crippen LogP contribution in [0.3, 0.4) is 0 Å². The largest absolute Gasteiger partial charge is 0.385 e. The highest BCUT2D eigenvalue weighted by Crippen LogP contribution is 2.24. The molecule has 1 saturated heterocycles. The van der Waals surface area contributed by atoms with Crippen LogP contribution in [0.1, 0.15) is 38.3 Å². The quantitative estimate of drug-likeness (QED) is 0.925. The molecule has 3 rings (SSSR count). The maximum atomic E-state index is 5.84. The predicted octanol–water partition coefficient (Wildman–Crippen LogP) is 3.08. The molecule has 3 heteroatoms. The first-order valence-electron chi connectivity index (χ1n) is 8.37. The molecule has 116 valence electrons. The summed E-state index contributed by atoms with van der Waals surface area (Å²) < 4.78 is 5.84. The van der Waals surface area contributed by atoms with E-state index in [0.29, 0.717) is 18.2 Å². The zero-order valence-electron chi connectivity index (χ0n) is 13.6. The molecule has 0 bridgehead atoms. The van der Waals surface area contributed by atoms with Crippen molar-refractivity contribution in [2.24, 2.45) is 0 Å². The van der Waals surface area contributed by atoms with Crippen LogP contribution < -0.4 is 5.32 Å². The van der Waals surface area contributed by atoms with Crippen LogP contribution in [-0.4, -0.2) is 42.8 Å². The summed E-state index contributed by atoms with van der Waals surface area (Å²) in [6.45, 7) is 9.94. The molecule has 1 aromatic rings.